The number of nitrogens with two attached hydrogens (primary N) is 1. The number of carboxylic acid groups (broad SMARTS) is 1. The number of nitrogens with zero attached hydrogens (tertiary/aromatic N) is 1. The van der Waals surface area contributed by atoms with Gasteiger partial charge in [-0.15, -0.1) is 0 Å². The average Bonchev–Trinajstić information content (AvgIpc) is 2.89. The largest absolute Gasteiger partial charge is 0.481 e. The van der Waals surface area contributed by atoms with E-state index < -0.39 is 11.9 Å². The van der Waals surface area contributed by atoms with Gasteiger partial charge in [-0.05, 0) is 65.1 Å². The van der Waals surface area contributed by atoms with Crippen LogP contribution in [0.25, 0.3) is 0 Å². The van der Waals surface area contributed by atoms with Crippen LogP contribution in [0.1, 0.15) is 85.8 Å². The third kappa shape index (κ3) is 7.60. The highest BCUT2D eigenvalue weighted by Crippen LogP contribution is 2.36. The number of halogens is 1. The first-order valence-electron chi connectivity index (χ1n) is 13.9. The van der Waals surface area contributed by atoms with Crippen LogP contribution >= 0.6 is 0 Å². The molecule has 0 aromatic heterocycles. The normalized spacial score (nSPS) is 13.1. The number of carbonyl (C=O) groups is 1. The zero-order valence-corrected chi connectivity index (χ0v) is 24.2. The van der Waals surface area contributed by atoms with Crippen LogP contribution in [0, 0.1) is 18.7 Å². The van der Waals surface area contributed by atoms with Crippen molar-refractivity contribution in [3.05, 3.63) is 93.8 Å². The number of carboxylic acids is 1. The molecule has 0 aliphatic carbocycles. The monoisotopic (exact) mass is 533 g/mol. The zero-order chi connectivity index (χ0) is 28.7. The third-order valence-corrected chi connectivity index (χ3v) is 7.66. The topological polar surface area (TPSA) is 78.6 Å². The molecule has 0 bridgehead atoms. The first-order valence-corrected chi connectivity index (χ1v) is 13.9. The second kappa shape index (κ2) is 13.6. The molecule has 0 heterocycles. The fourth-order valence-electron chi connectivity index (χ4n) is 5.42. The summed E-state index contributed by atoms with van der Waals surface area (Å²) >= 11 is 0. The van der Waals surface area contributed by atoms with Crippen LogP contribution in [0.5, 0.6) is 0 Å². The Bertz CT molecular complexity index is 1270. The summed E-state index contributed by atoms with van der Waals surface area (Å²) in [5.74, 6) is -0.782. The minimum Gasteiger partial charge on any atom is -0.481 e. The standard InChI is InChI=1S/C33H44FN3O2/c1-7-22(4)27-11-9-8-10-25(27)19-37(18-21(2)3)20-26-16-24(12-14-30(26)34)29(17-32(38)39)28-13-15-31(36-6)33(35)23(28)5/h8-16,21-22,29,36H,7,17-20,35H2,1-6H3,(H,38,39). The van der Waals surface area contributed by atoms with Gasteiger partial charge in [0.05, 0.1) is 17.8 Å². The lowest BCUT2D eigenvalue weighted by Gasteiger charge is -2.27. The van der Waals surface area contributed by atoms with E-state index in [-0.39, 0.29) is 12.2 Å². The van der Waals surface area contributed by atoms with Gasteiger partial charge in [-0.2, -0.15) is 0 Å². The first kappa shape index (κ1) is 30.2. The fourth-order valence-corrected chi connectivity index (χ4v) is 5.42. The Labute approximate surface area is 233 Å². The average molecular weight is 534 g/mol. The highest BCUT2D eigenvalue weighted by atomic mass is 19.1. The molecule has 3 rings (SSSR count). The van der Waals surface area contributed by atoms with Gasteiger partial charge in [0, 0.05) is 38.2 Å². The minimum absolute atomic E-state index is 0.109. The van der Waals surface area contributed by atoms with E-state index in [1.165, 1.54) is 17.2 Å². The lowest BCUT2D eigenvalue weighted by Crippen LogP contribution is -2.28. The van der Waals surface area contributed by atoms with Crippen LogP contribution in [0.2, 0.25) is 0 Å². The number of aliphatic carboxylic acids is 1. The maximum absolute atomic E-state index is 15.3. The predicted molar refractivity (Wildman–Crippen MR) is 160 cm³/mol. The summed E-state index contributed by atoms with van der Waals surface area (Å²) in [6.45, 7) is 12.7. The SMILES string of the molecule is CCC(C)c1ccccc1CN(Cc1cc(C(CC(=O)O)c2ccc(NC)c(N)c2C)ccc1F)CC(C)C. The highest BCUT2D eigenvalue weighted by Gasteiger charge is 2.23. The van der Waals surface area contributed by atoms with Gasteiger partial charge in [0.25, 0.3) is 0 Å². The molecular formula is C33H44FN3O2. The molecule has 0 amide bonds. The van der Waals surface area contributed by atoms with Gasteiger partial charge in [-0.3, -0.25) is 9.69 Å². The van der Waals surface area contributed by atoms with Crippen molar-refractivity contribution < 1.29 is 14.3 Å². The number of nitrogens with one attached hydrogen (secondary N) is 1. The molecule has 0 aliphatic heterocycles. The van der Waals surface area contributed by atoms with Crippen LogP contribution in [0.4, 0.5) is 15.8 Å². The molecule has 2 unspecified atom stereocenters. The molecule has 0 spiro atoms. The van der Waals surface area contributed by atoms with Gasteiger partial charge < -0.3 is 16.2 Å². The Morgan fingerprint density at radius 2 is 1.72 bits per heavy atom. The van der Waals surface area contributed by atoms with Crippen molar-refractivity contribution in [2.75, 3.05) is 24.6 Å². The molecule has 0 aliphatic rings. The van der Waals surface area contributed by atoms with E-state index in [1.807, 2.05) is 25.1 Å². The zero-order valence-electron chi connectivity index (χ0n) is 24.2. The van der Waals surface area contributed by atoms with Gasteiger partial charge in [-0.1, -0.05) is 70.2 Å². The predicted octanol–water partition coefficient (Wildman–Crippen LogP) is 7.54. The van der Waals surface area contributed by atoms with Gasteiger partial charge in [-0.25, -0.2) is 4.39 Å². The molecule has 210 valence electrons. The van der Waals surface area contributed by atoms with Gasteiger partial charge >= 0.3 is 5.97 Å². The molecule has 0 saturated heterocycles. The van der Waals surface area contributed by atoms with E-state index in [0.29, 0.717) is 29.6 Å². The molecule has 2 atom stereocenters. The van der Waals surface area contributed by atoms with Crippen molar-refractivity contribution in [1.82, 2.24) is 4.90 Å². The van der Waals surface area contributed by atoms with Crippen molar-refractivity contribution in [2.45, 2.75) is 72.4 Å². The smallest absolute Gasteiger partial charge is 0.304 e. The molecule has 3 aromatic carbocycles. The first-order chi connectivity index (χ1) is 18.5. The number of benzene rings is 3. The Kier molecular flexibility index (Phi) is 10.5. The molecule has 0 saturated carbocycles. The molecule has 0 fully saturated rings. The van der Waals surface area contributed by atoms with Crippen LogP contribution < -0.4 is 11.1 Å². The van der Waals surface area contributed by atoms with Crippen molar-refractivity contribution in [2.24, 2.45) is 5.92 Å². The maximum atomic E-state index is 15.3. The summed E-state index contributed by atoms with van der Waals surface area (Å²) in [6.07, 6.45) is 0.949. The van der Waals surface area contributed by atoms with E-state index >= 15 is 4.39 Å². The van der Waals surface area contributed by atoms with Crippen molar-refractivity contribution in [3.63, 3.8) is 0 Å². The summed E-state index contributed by atoms with van der Waals surface area (Å²) in [5.41, 5.74) is 13.4. The van der Waals surface area contributed by atoms with Crippen LogP contribution in [-0.2, 0) is 17.9 Å². The molecular weight excluding hydrogens is 489 g/mol. The number of nitrogen functional groups attached to an aromatic ring is 1. The van der Waals surface area contributed by atoms with Crippen molar-refractivity contribution in [1.29, 1.82) is 0 Å². The summed E-state index contributed by atoms with van der Waals surface area (Å²) in [6, 6.07) is 17.3. The summed E-state index contributed by atoms with van der Waals surface area (Å²) in [4.78, 5) is 14.2. The molecule has 4 N–H and O–H groups in total. The molecule has 39 heavy (non-hydrogen) atoms. The molecule has 5 nitrogen and oxygen atoms in total. The van der Waals surface area contributed by atoms with E-state index in [2.05, 4.69) is 62.2 Å². The third-order valence-electron chi connectivity index (χ3n) is 7.66. The fraction of sp³-hybridized carbons (Fsp3) is 0.424. The van der Waals surface area contributed by atoms with E-state index in [4.69, 9.17) is 5.73 Å². The summed E-state index contributed by atoms with van der Waals surface area (Å²) in [7, 11) is 1.80. The van der Waals surface area contributed by atoms with Gasteiger partial charge in [0.1, 0.15) is 5.82 Å². The number of hydrogen-bond donors (Lipinski definition) is 3. The number of rotatable bonds is 13. The van der Waals surface area contributed by atoms with Crippen molar-refractivity contribution >= 4 is 17.3 Å². The Balaban J connectivity index is 2.00. The quantitative estimate of drug-likeness (QED) is 0.198. The lowest BCUT2D eigenvalue weighted by atomic mass is 9.84. The lowest BCUT2D eigenvalue weighted by molar-refractivity contribution is -0.137. The Morgan fingerprint density at radius 3 is 2.36 bits per heavy atom. The highest BCUT2D eigenvalue weighted by molar-refractivity contribution is 5.74. The van der Waals surface area contributed by atoms with Crippen LogP contribution in [0.3, 0.4) is 0 Å². The number of anilines is 2. The van der Waals surface area contributed by atoms with E-state index in [0.717, 1.165) is 41.9 Å². The van der Waals surface area contributed by atoms with E-state index in [9.17, 15) is 9.90 Å². The summed E-state index contributed by atoms with van der Waals surface area (Å²) in [5, 5.41) is 12.8. The van der Waals surface area contributed by atoms with Crippen molar-refractivity contribution in [3.8, 4) is 0 Å². The maximum Gasteiger partial charge on any atom is 0.304 e. The summed E-state index contributed by atoms with van der Waals surface area (Å²) < 4.78 is 15.3. The minimum atomic E-state index is -0.912. The second-order valence-corrected chi connectivity index (χ2v) is 11.1. The Morgan fingerprint density at radius 1 is 1.03 bits per heavy atom. The van der Waals surface area contributed by atoms with Crippen LogP contribution in [-0.4, -0.2) is 29.6 Å². The second-order valence-electron chi connectivity index (χ2n) is 11.1. The number of hydrogen-bond acceptors (Lipinski definition) is 4. The van der Waals surface area contributed by atoms with Gasteiger partial charge in [0.15, 0.2) is 0 Å². The van der Waals surface area contributed by atoms with Crippen LogP contribution in [0.15, 0.2) is 54.6 Å². The molecule has 0 radical (unpaired) electrons. The van der Waals surface area contributed by atoms with Gasteiger partial charge in [0.2, 0.25) is 0 Å². The Hall–Kier alpha value is -3.38. The molecule has 6 heteroatoms. The van der Waals surface area contributed by atoms with E-state index in [1.54, 1.807) is 13.1 Å². The molecule has 3 aromatic rings.